The van der Waals surface area contributed by atoms with E-state index in [4.69, 9.17) is 10.2 Å². The third-order valence-corrected chi connectivity index (χ3v) is 2.74. The normalized spacial score (nSPS) is 18.6. The molecule has 0 unspecified atom stereocenters. The predicted octanol–water partition coefficient (Wildman–Crippen LogP) is 1.68. The molecular weight excluding hydrogens is 178 g/mol. The van der Waals surface area contributed by atoms with Gasteiger partial charge >= 0.3 is 0 Å². The molecule has 2 rings (SSSR count). The maximum Gasteiger partial charge on any atom is 0.292 e. The van der Waals surface area contributed by atoms with E-state index in [1.165, 1.54) is 32.1 Å². The summed E-state index contributed by atoms with van der Waals surface area (Å²) in [5, 5.41) is 3.46. The molecule has 0 amide bonds. The van der Waals surface area contributed by atoms with Crippen molar-refractivity contribution in [2.24, 2.45) is 0 Å². The van der Waals surface area contributed by atoms with Gasteiger partial charge in [-0.1, -0.05) is 19.3 Å². The van der Waals surface area contributed by atoms with E-state index >= 15 is 0 Å². The monoisotopic (exact) mass is 195 g/mol. The van der Waals surface area contributed by atoms with Crippen LogP contribution in [0.1, 0.15) is 37.9 Å². The molecular formula is C10H17N3O. The quantitative estimate of drug-likeness (QED) is 0.770. The lowest BCUT2D eigenvalue weighted by atomic mass is 9.95. The van der Waals surface area contributed by atoms with Gasteiger partial charge in [-0.3, -0.25) is 0 Å². The molecule has 0 spiro atoms. The second kappa shape index (κ2) is 4.46. The molecule has 0 saturated heterocycles. The van der Waals surface area contributed by atoms with Crippen LogP contribution in [0.15, 0.2) is 10.6 Å². The van der Waals surface area contributed by atoms with Gasteiger partial charge in [-0.05, 0) is 12.8 Å². The fourth-order valence-corrected chi connectivity index (χ4v) is 1.96. The fraction of sp³-hybridized carbons (Fsp3) is 0.700. The molecule has 1 heterocycles. The lowest BCUT2D eigenvalue weighted by Gasteiger charge is -2.22. The van der Waals surface area contributed by atoms with Gasteiger partial charge < -0.3 is 15.5 Å². The number of nitrogens with one attached hydrogen (secondary N) is 1. The van der Waals surface area contributed by atoms with Gasteiger partial charge in [-0.2, -0.15) is 0 Å². The van der Waals surface area contributed by atoms with E-state index in [-0.39, 0.29) is 6.01 Å². The van der Waals surface area contributed by atoms with Crippen LogP contribution in [0, 0.1) is 0 Å². The Balaban J connectivity index is 1.76. The highest BCUT2D eigenvalue weighted by Crippen LogP contribution is 2.17. The summed E-state index contributed by atoms with van der Waals surface area (Å²) in [5.74, 6) is 0.827. The highest BCUT2D eigenvalue weighted by Gasteiger charge is 2.12. The van der Waals surface area contributed by atoms with Gasteiger partial charge in [0.15, 0.2) is 0 Å². The molecule has 0 radical (unpaired) electrons. The minimum Gasteiger partial charge on any atom is -0.428 e. The summed E-state index contributed by atoms with van der Waals surface area (Å²) in [6.45, 7) is 0.745. The predicted molar refractivity (Wildman–Crippen MR) is 54.6 cm³/mol. The van der Waals surface area contributed by atoms with Crippen molar-refractivity contribution in [1.29, 1.82) is 0 Å². The van der Waals surface area contributed by atoms with Gasteiger partial charge in [-0.25, -0.2) is 4.98 Å². The first-order chi connectivity index (χ1) is 6.84. The zero-order valence-corrected chi connectivity index (χ0v) is 8.33. The van der Waals surface area contributed by atoms with Crippen LogP contribution in [0.2, 0.25) is 0 Å². The van der Waals surface area contributed by atoms with Crippen LogP contribution in [0.5, 0.6) is 0 Å². The van der Waals surface area contributed by atoms with Crippen molar-refractivity contribution in [2.75, 3.05) is 5.73 Å². The molecule has 14 heavy (non-hydrogen) atoms. The second-order valence-electron chi connectivity index (χ2n) is 3.88. The SMILES string of the molecule is Nc1ncc(CNC2CCCCC2)o1. The van der Waals surface area contributed by atoms with E-state index in [1.807, 2.05) is 0 Å². The molecule has 0 bridgehead atoms. The van der Waals surface area contributed by atoms with E-state index in [0.717, 1.165) is 12.3 Å². The molecule has 0 aliphatic heterocycles. The number of anilines is 1. The van der Waals surface area contributed by atoms with E-state index in [2.05, 4.69) is 10.3 Å². The molecule has 1 aliphatic carbocycles. The molecule has 0 atom stereocenters. The third kappa shape index (κ3) is 2.48. The first-order valence-corrected chi connectivity index (χ1v) is 5.28. The summed E-state index contributed by atoms with van der Waals surface area (Å²) in [7, 11) is 0. The van der Waals surface area contributed by atoms with Crippen LogP contribution >= 0.6 is 0 Å². The summed E-state index contributed by atoms with van der Waals surface area (Å²) >= 11 is 0. The number of aromatic nitrogens is 1. The Hall–Kier alpha value is -1.03. The lowest BCUT2D eigenvalue weighted by Crippen LogP contribution is -2.30. The number of nitrogen functional groups attached to an aromatic ring is 1. The number of rotatable bonds is 3. The minimum absolute atomic E-state index is 0.255. The van der Waals surface area contributed by atoms with Gasteiger partial charge in [0.2, 0.25) is 0 Å². The molecule has 78 valence electrons. The first kappa shape index (κ1) is 9.52. The van der Waals surface area contributed by atoms with Gasteiger partial charge in [0.25, 0.3) is 6.01 Å². The Morgan fingerprint density at radius 3 is 2.86 bits per heavy atom. The summed E-state index contributed by atoms with van der Waals surface area (Å²) in [6.07, 6.45) is 8.32. The average Bonchev–Trinajstić information content (AvgIpc) is 2.63. The van der Waals surface area contributed by atoms with Gasteiger partial charge in [0.1, 0.15) is 5.76 Å². The summed E-state index contributed by atoms with van der Waals surface area (Å²) in [5.41, 5.74) is 5.38. The minimum atomic E-state index is 0.255. The second-order valence-corrected chi connectivity index (χ2v) is 3.88. The van der Waals surface area contributed by atoms with Gasteiger partial charge in [-0.15, -0.1) is 0 Å². The maximum atomic E-state index is 5.38. The van der Waals surface area contributed by atoms with Crippen LogP contribution in [-0.4, -0.2) is 11.0 Å². The highest BCUT2D eigenvalue weighted by atomic mass is 16.4. The smallest absolute Gasteiger partial charge is 0.292 e. The van der Waals surface area contributed by atoms with Crippen LogP contribution in [0.3, 0.4) is 0 Å². The van der Waals surface area contributed by atoms with Crippen molar-refractivity contribution < 1.29 is 4.42 Å². The van der Waals surface area contributed by atoms with E-state index < -0.39 is 0 Å². The molecule has 1 aromatic heterocycles. The summed E-state index contributed by atoms with van der Waals surface area (Å²) in [4.78, 5) is 3.85. The Bertz CT molecular complexity index is 279. The zero-order valence-electron chi connectivity index (χ0n) is 8.33. The lowest BCUT2D eigenvalue weighted by molar-refractivity contribution is 0.358. The van der Waals surface area contributed by atoms with Crippen LogP contribution in [0.4, 0.5) is 6.01 Å². The molecule has 1 aromatic rings. The van der Waals surface area contributed by atoms with E-state index in [0.29, 0.717) is 6.04 Å². The number of nitrogens with zero attached hydrogens (tertiary/aromatic N) is 1. The van der Waals surface area contributed by atoms with Crippen molar-refractivity contribution in [3.8, 4) is 0 Å². The first-order valence-electron chi connectivity index (χ1n) is 5.28. The van der Waals surface area contributed by atoms with Crippen molar-refractivity contribution in [3.05, 3.63) is 12.0 Å². The Morgan fingerprint density at radius 2 is 2.21 bits per heavy atom. The molecule has 1 aliphatic rings. The number of hydrogen-bond acceptors (Lipinski definition) is 4. The number of oxazole rings is 1. The van der Waals surface area contributed by atoms with Crippen LogP contribution in [-0.2, 0) is 6.54 Å². The molecule has 4 nitrogen and oxygen atoms in total. The van der Waals surface area contributed by atoms with Crippen molar-refractivity contribution >= 4 is 6.01 Å². The zero-order chi connectivity index (χ0) is 9.80. The Kier molecular flexibility index (Phi) is 3.03. The highest BCUT2D eigenvalue weighted by molar-refractivity contribution is 5.10. The number of nitrogens with two attached hydrogens (primary N) is 1. The van der Waals surface area contributed by atoms with Crippen LogP contribution < -0.4 is 11.1 Å². The number of hydrogen-bond donors (Lipinski definition) is 2. The van der Waals surface area contributed by atoms with Crippen molar-refractivity contribution in [3.63, 3.8) is 0 Å². The van der Waals surface area contributed by atoms with Crippen molar-refractivity contribution in [1.82, 2.24) is 10.3 Å². The largest absolute Gasteiger partial charge is 0.428 e. The maximum absolute atomic E-state index is 5.38. The Labute approximate surface area is 83.9 Å². The topological polar surface area (TPSA) is 64.1 Å². The standard InChI is InChI=1S/C10H17N3O/c11-10-13-7-9(14-10)6-12-8-4-2-1-3-5-8/h7-8,12H,1-6H2,(H2,11,13). The molecule has 0 aromatic carbocycles. The average molecular weight is 195 g/mol. The van der Waals surface area contributed by atoms with Gasteiger partial charge in [0, 0.05) is 6.04 Å². The molecule has 3 N–H and O–H groups in total. The summed E-state index contributed by atoms with van der Waals surface area (Å²) in [6, 6.07) is 0.903. The van der Waals surface area contributed by atoms with E-state index in [9.17, 15) is 0 Å². The van der Waals surface area contributed by atoms with E-state index in [1.54, 1.807) is 6.20 Å². The third-order valence-electron chi connectivity index (χ3n) is 2.74. The summed E-state index contributed by atoms with van der Waals surface area (Å²) < 4.78 is 5.18. The van der Waals surface area contributed by atoms with Gasteiger partial charge in [0.05, 0.1) is 12.7 Å². The van der Waals surface area contributed by atoms with Crippen molar-refractivity contribution in [2.45, 2.75) is 44.7 Å². The van der Waals surface area contributed by atoms with Crippen LogP contribution in [0.25, 0.3) is 0 Å². The Morgan fingerprint density at radius 1 is 1.43 bits per heavy atom. The molecule has 1 fully saturated rings. The molecule has 1 saturated carbocycles. The molecule has 4 heteroatoms. The fourth-order valence-electron chi connectivity index (χ4n) is 1.96.